The highest BCUT2D eigenvalue weighted by molar-refractivity contribution is 7.12. The van der Waals surface area contributed by atoms with Crippen molar-refractivity contribution in [3.05, 3.63) is 46.7 Å². The summed E-state index contributed by atoms with van der Waals surface area (Å²) in [5.41, 5.74) is 1.93. The Balaban J connectivity index is 2.15. The van der Waals surface area contributed by atoms with Crippen molar-refractivity contribution in [3.63, 3.8) is 0 Å². The van der Waals surface area contributed by atoms with Gasteiger partial charge in [0.25, 0.3) is 5.91 Å². The molecule has 0 unspecified atom stereocenters. The molecule has 0 aliphatic rings. The van der Waals surface area contributed by atoms with Crippen molar-refractivity contribution >= 4 is 23.2 Å². The summed E-state index contributed by atoms with van der Waals surface area (Å²) in [7, 11) is 1.68. The second kappa shape index (κ2) is 7.92. The van der Waals surface area contributed by atoms with Crippen LogP contribution in [-0.4, -0.2) is 48.3 Å². The minimum absolute atomic E-state index is 0.0244. The molecule has 23 heavy (non-hydrogen) atoms. The maximum Gasteiger partial charge on any atom is 0.264 e. The van der Waals surface area contributed by atoms with Crippen LogP contribution in [0.5, 0.6) is 0 Å². The number of likely N-dealkylation sites (N-methyl/N-ethyl adjacent to an activating group) is 2. The van der Waals surface area contributed by atoms with Gasteiger partial charge in [0.15, 0.2) is 0 Å². The zero-order valence-electron chi connectivity index (χ0n) is 13.8. The van der Waals surface area contributed by atoms with E-state index in [9.17, 15) is 9.59 Å². The van der Waals surface area contributed by atoms with Crippen LogP contribution in [0.2, 0.25) is 0 Å². The summed E-state index contributed by atoms with van der Waals surface area (Å²) in [6, 6.07) is 11.8. The molecule has 122 valence electrons. The van der Waals surface area contributed by atoms with E-state index in [0.29, 0.717) is 18.0 Å². The third kappa shape index (κ3) is 3.99. The molecule has 1 heterocycles. The van der Waals surface area contributed by atoms with Crippen molar-refractivity contribution < 1.29 is 9.59 Å². The molecule has 0 spiro atoms. The fourth-order valence-electron chi connectivity index (χ4n) is 2.44. The number of hydrogen-bond acceptors (Lipinski definition) is 3. The minimum Gasteiger partial charge on any atom is -0.342 e. The van der Waals surface area contributed by atoms with Gasteiger partial charge in [0.1, 0.15) is 0 Å². The molecule has 5 heteroatoms. The van der Waals surface area contributed by atoms with Gasteiger partial charge in [-0.3, -0.25) is 9.59 Å². The van der Waals surface area contributed by atoms with Crippen molar-refractivity contribution in [1.29, 1.82) is 0 Å². The van der Waals surface area contributed by atoms with Gasteiger partial charge in [0.05, 0.1) is 11.4 Å². The van der Waals surface area contributed by atoms with Crippen LogP contribution in [0.1, 0.15) is 23.5 Å². The summed E-state index contributed by atoms with van der Waals surface area (Å²) < 4.78 is 0. The smallest absolute Gasteiger partial charge is 0.264 e. The third-order valence-electron chi connectivity index (χ3n) is 3.78. The van der Waals surface area contributed by atoms with Crippen LogP contribution in [0.15, 0.2) is 41.8 Å². The predicted octanol–water partition coefficient (Wildman–Crippen LogP) is 3.36. The van der Waals surface area contributed by atoms with E-state index >= 15 is 0 Å². The lowest BCUT2D eigenvalue weighted by molar-refractivity contribution is -0.131. The molecule has 0 aliphatic heterocycles. The van der Waals surface area contributed by atoms with E-state index in [0.717, 1.165) is 11.1 Å². The molecule has 0 atom stereocenters. The van der Waals surface area contributed by atoms with Gasteiger partial charge in [-0.2, -0.15) is 0 Å². The Hall–Kier alpha value is -2.14. The molecule has 0 aliphatic carbocycles. The maximum absolute atomic E-state index is 12.7. The molecule has 0 N–H and O–H groups in total. The van der Waals surface area contributed by atoms with Crippen LogP contribution in [0.25, 0.3) is 11.1 Å². The number of nitrogens with zero attached hydrogens (tertiary/aromatic N) is 2. The van der Waals surface area contributed by atoms with Crippen molar-refractivity contribution in [3.8, 4) is 11.1 Å². The van der Waals surface area contributed by atoms with Gasteiger partial charge in [0.2, 0.25) is 5.91 Å². The Morgan fingerprint density at radius 3 is 2.30 bits per heavy atom. The van der Waals surface area contributed by atoms with Gasteiger partial charge in [-0.15, -0.1) is 11.3 Å². The van der Waals surface area contributed by atoms with Gasteiger partial charge < -0.3 is 9.80 Å². The molecule has 0 bridgehead atoms. The summed E-state index contributed by atoms with van der Waals surface area (Å²) in [6.45, 7) is 5.30. The van der Waals surface area contributed by atoms with Crippen molar-refractivity contribution in [2.24, 2.45) is 0 Å². The number of benzene rings is 1. The van der Waals surface area contributed by atoms with Gasteiger partial charge in [0, 0.05) is 25.7 Å². The average Bonchev–Trinajstić information content (AvgIpc) is 3.05. The highest BCUT2D eigenvalue weighted by Crippen LogP contribution is 2.29. The second-order valence-electron chi connectivity index (χ2n) is 5.26. The van der Waals surface area contributed by atoms with Gasteiger partial charge in [-0.1, -0.05) is 30.3 Å². The topological polar surface area (TPSA) is 40.6 Å². The van der Waals surface area contributed by atoms with E-state index in [2.05, 4.69) is 0 Å². The normalized spacial score (nSPS) is 10.4. The minimum atomic E-state index is -0.112. The SMILES string of the molecule is CCN(CC)C(=O)CN(C)C(=O)c1sccc1-c1ccccc1. The molecule has 0 radical (unpaired) electrons. The standard InChI is InChI=1S/C18H22N2O2S/c1-4-20(5-2)16(21)13-19(3)18(22)17-15(11-12-23-17)14-9-7-6-8-10-14/h6-12H,4-5,13H2,1-3H3. The first-order chi connectivity index (χ1) is 11.1. The van der Waals surface area contributed by atoms with Crippen LogP contribution in [0.4, 0.5) is 0 Å². The summed E-state index contributed by atoms with van der Waals surface area (Å²) >= 11 is 1.41. The van der Waals surface area contributed by atoms with E-state index in [1.165, 1.54) is 16.2 Å². The summed E-state index contributed by atoms with van der Waals surface area (Å²) in [6.07, 6.45) is 0. The zero-order valence-corrected chi connectivity index (χ0v) is 14.6. The van der Waals surface area contributed by atoms with Crippen molar-refractivity contribution in [1.82, 2.24) is 9.80 Å². The number of hydrogen-bond donors (Lipinski definition) is 0. The van der Waals surface area contributed by atoms with Gasteiger partial charge in [-0.05, 0) is 30.9 Å². The summed E-state index contributed by atoms with van der Waals surface area (Å²) in [5, 5.41) is 1.91. The fourth-order valence-corrected chi connectivity index (χ4v) is 3.35. The summed E-state index contributed by atoms with van der Waals surface area (Å²) in [5.74, 6) is -0.136. The van der Waals surface area contributed by atoms with Crippen molar-refractivity contribution in [2.75, 3.05) is 26.7 Å². The van der Waals surface area contributed by atoms with Gasteiger partial charge >= 0.3 is 0 Å². The van der Waals surface area contributed by atoms with E-state index in [-0.39, 0.29) is 18.4 Å². The van der Waals surface area contributed by atoms with Crippen LogP contribution in [0, 0.1) is 0 Å². The largest absolute Gasteiger partial charge is 0.342 e. The van der Waals surface area contributed by atoms with Crippen LogP contribution in [-0.2, 0) is 4.79 Å². The third-order valence-corrected chi connectivity index (χ3v) is 4.68. The van der Waals surface area contributed by atoms with E-state index in [4.69, 9.17) is 0 Å². The Labute approximate surface area is 141 Å². The Morgan fingerprint density at radius 2 is 1.70 bits per heavy atom. The van der Waals surface area contributed by atoms with Crippen LogP contribution < -0.4 is 0 Å². The number of carbonyl (C=O) groups is 2. The maximum atomic E-state index is 12.7. The van der Waals surface area contributed by atoms with E-state index in [1.54, 1.807) is 11.9 Å². The molecule has 0 saturated heterocycles. The molecule has 2 amide bonds. The van der Waals surface area contributed by atoms with Gasteiger partial charge in [-0.25, -0.2) is 0 Å². The molecule has 4 nitrogen and oxygen atoms in total. The Morgan fingerprint density at radius 1 is 1.04 bits per heavy atom. The number of thiophene rings is 1. The first-order valence-electron chi connectivity index (χ1n) is 7.74. The van der Waals surface area contributed by atoms with Crippen molar-refractivity contribution in [2.45, 2.75) is 13.8 Å². The molecule has 1 aromatic heterocycles. The highest BCUT2D eigenvalue weighted by Gasteiger charge is 2.21. The molecule has 2 rings (SSSR count). The highest BCUT2D eigenvalue weighted by atomic mass is 32.1. The average molecular weight is 330 g/mol. The molecule has 2 aromatic rings. The first kappa shape index (κ1) is 17.2. The predicted molar refractivity (Wildman–Crippen MR) is 94.6 cm³/mol. The number of carbonyl (C=O) groups excluding carboxylic acids is 2. The van der Waals surface area contributed by atoms with Crippen LogP contribution >= 0.6 is 11.3 Å². The fraction of sp³-hybridized carbons (Fsp3) is 0.333. The zero-order chi connectivity index (χ0) is 16.8. The lowest BCUT2D eigenvalue weighted by Crippen LogP contribution is -2.40. The molecule has 0 fully saturated rings. The summed E-state index contributed by atoms with van der Waals surface area (Å²) in [4.78, 5) is 28.8. The number of rotatable bonds is 6. The molecule has 1 aromatic carbocycles. The molecular weight excluding hydrogens is 308 g/mol. The van der Waals surface area contributed by atoms with E-state index < -0.39 is 0 Å². The monoisotopic (exact) mass is 330 g/mol. The molecule has 0 saturated carbocycles. The first-order valence-corrected chi connectivity index (χ1v) is 8.62. The van der Waals surface area contributed by atoms with Crippen LogP contribution in [0.3, 0.4) is 0 Å². The Kier molecular flexibility index (Phi) is 5.93. The molecular formula is C18H22N2O2S. The Bertz CT molecular complexity index is 663. The lowest BCUT2D eigenvalue weighted by Gasteiger charge is -2.23. The number of amides is 2. The second-order valence-corrected chi connectivity index (χ2v) is 6.17. The quantitative estimate of drug-likeness (QED) is 0.815. The lowest BCUT2D eigenvalue weighted by atomic mass is 10.1. The van der Waals surface area contributed by atoms with E-state index in [1.807, 2.05) is 55.6 Å².